The van der Waals surface area contributed by atoms with Gasteiger partial charge in [-0.15, -0.1) is 0 Å². The van der Waals surface area contributed by atoms with Crippen molar-refractivity contribution < 1.29 is 0 Å². The van der Waals surface area contributed by atoms with Crippen LogP contribution in [0.25, 0.3) is 0 Å². The van der Waals surface area contributed by atoms with Crippen LogP contribution in [0.2, 0.25) is 0 Å². The van der Waals surface area contributed by atoms with E-state index in [0.29, 0.717) is 0 Å². The molecule has 0 amide bonds. The second-order valence-electron chi connectivity index (χ2n) is 6.20. The van der Waals surface area contributed by atoms with Crippen molar-refractivity contribution in [3.63, 3.8) is 0 Å². The highest BCUT2D eigenvalue weighted by atomic mass is 15.3. The Labute approximate surface area is 137 Å². The van der Waals surface area contributed by atoms with Crippen molar-refractivity contribution in [1.29, 1.82) is 0 Å². The first-order chi connectivity index (χ1) is 11.1. The molecule has 6 nitrogen and oxygen atoms in total. The average Bonchev–Trinajstić information content (AvgIpc) is 2.56. The standard InChI is InChI=1S/C17H24N6/c1-14-4-6-18-16(12-14)23-10-8-22(9-11-23)13-15-5-7-19-17(20-15)21(2)3/h4-7,12H,8-11,13H2,1-3H3. The highest BCUT2D eigenvalue weighted by Gasteiger charge is 2.18. The van der Waals surface area contributed by atoms with Gasteiger partial charge in [0, 0.05) is 59.2 Å². The van der Waals surface area contributed by atoms with E-state index in [1.54, 1.807) is 0 Å². The van der Waals surface area contributed by atoms with Crippen LogP contribution in [0.5, 0.6) is 0 Å². The first kappa shape index (κ1) is 15.7. The van der Waals surface area contributed by atoms with E-state index in [4.69, 9.17) is 0 Å². The molecule has 0 N–H and O–H groups in total. The van der Waals surface area contributed by atoms with E-state index < -0.39 is 0 Å². The summed E-state index contributed by atoms with van der Waals surface area (Å²) in [6.07, 6.45) is 3.73. The quantitative estimate of drug-likeness (QED) is 0.854. The summed E-state index contributed by atoms with van der Waals surface area (Å²) in [5, 5.41) is 0. The van der Waals surface area contributed by atoms with Gasteiger partial charge in [-0.2, -0.15) is 0 Å². The Morgan fingerprint density at radius 1 is 1.04 bits per heavy atom. The highest BCUT2D eigenvalue weighted by molar-refractivity contribution is 5.41. The molecule has 1 aliphatic rings. The van der Waals surface area contributed by atoms with Gasteiger partial charge in [0.25, 0.3) is 0 Å². The van der Waals surface area contributed by atoms with E-state index in [1.165, 1.54) is 5.56 Å². The Morgan fingerprint density at radius 3 is 2.48 bits per heavy atom. The van der Waals surface area contributed by atoms with Crippen molar-refractivity contribution in [1.82, 2.24) is 19.9 Å². The molecule has 1 aliphatic heterocycles. The zero-order valence-corrected chi connectivity index (χ0v) is 14.1. The number of hydrogen-bond acceptors (Lipinski definition) is 6. The van der Waals surface area contributed by atoms with Crippen LogP contribution in [0, 0.1) is 6.92 Å². The minimum Gasteiger partial charge on any atom is -0.354 e. The van der Waals surface area contributed by atoms with Crippen LogP contribution in [0.4, 0.5) is 11.8 Å². The van der Waals surface area contributed by atoms with Crippen molar-refractivity contribution in [2.24, 2.45) is 0 Å². The summed E-state index contributed by atoms with van der Waals surface area (Å²) < 4.78 is 0. The number of nitrogens with zero attached hydrogens (tertiary/aromatic N) is 6. The minimum atomic E-state index is 0.769. The molecule has 6 heteroatoms. The third-order valence-corrected chi connectivity index (χ3v) is 4.08. The van der Waals surface area contributed by atoms with Gasteiger partial charge < -0.3 is 9.80 Å². The topological polar surface area (TPSA) is 48.4 Å². The SMILES string of the molecule is Cc1ccnc(N2CCN(Cc3ccnc(N(C)C)n3)CC2)c1. The summed E-state index contributed by atoms with van der Waals surface area (Å²) in [5.74, 6) is 1.85. The van der Waals surface area contributed by atoms with E-state index >= 15 is 0 Å². The molecule has 0 unspecified atom stereocenters. The zero-order chi connectivity index (χ0) is 16.2. The number of aromatic nitrogens is 3. The lowest BCUT2D eigenvalue weighted by Gasteiger charge is -2.35. The minimum absolute atomic E-state index is 0.769. The third kappa shape index (κ3) is 3.96. The number of anilines is 2. The summed E-state index contributed by atoms with van der Waals surface area (Å²) >= 11 is 0. The molecule has 0 bridgehead atoms. The molecule has 0 radical (unpaired) electrons. The van der Waals surface area contributed by atoms with Crippen LogP contribution in [0.3, 0.4) is 0 Å². The summed E-state index contributed by atoms with van der Waals surface area (Å²) in [7, 11) is 3.93. The molecule has 0 saturated carbocycles. The second-order valence-corrected chi connectivity index (χ2v) is 6.20. The summed E-state index contributed by atoms with van der Waals surface area (Å²) in [4.78, 5) is 20.1. The van der Waals surface area contributed by atoms with Crippen molar-refractivity contribution in [3.05, 3.63) is 41.9 Å². The van der Waals surface area contributed by atoms with Crippen molar-refractivity contribution in [2.75, 3.05) is 50.1 Å². The first-order valence-electron chi connectivity index (χ1n) is 8.01. The molecule has 0 atom stereocenters. The van der Waals surface area contributed by atoms with Gasteiger partial charge in [0.15, 0.2) is 0 Å². The molecular weight excluding hydrogens is 288 g/mol. The van der Waals surface area contributed by atoms with Gasteiger partial charge in [0.1, 0.15) is 5.82 Å². The summed E-state index contributed by atoms with van der Waals surface area (Å²) in [5.41, 5.74) is 2.33. The van der Waals surface area contributed by atoms with Gasteiger partial charge in [-0.25, -0.2) is 15.0 Å². The van der Waals surface area contributed by atoms with Crippen LogP contribution < -0.4 is 9.80 Å². The van der Waals surface area contributed by atoms with Gasteiger partial charge in [-0.3, -0.25) is 4.90 Å². The smallest absolute Gasteiger partial charge is 0.225 e. The average molecular weight is 312 g/mol. The number of hydrogen-bond donors (Lipinski definition) is 0. The highest BCUT2D eigenvalue weighted by Crippen LogP contribution is 2.16. The Bertz CT molecular complexity index is 649. The van der Waals surface area contributed by atoms with Gasteiger partial charge in [0.2, 0.25) is 5.95 Å². The monoisotopic (exact) mass is 312 g/mol. The molecule has 23 heavy (non-hydrogen) atoms. The summed E-state index contributed by atoms with van der Waals surface area (Å²) in [6, 6.07) is 6.20. The molecule has 3 rings (SSSR count). The Morgan fingerprint density at radius 2 is 1.78 bits per heavy atom. The van der Waals surface area contributed by atoms with E-state index in [-0.39, 0.29) is 0 Å². The van der Waals surface area contributed by atoms with Crippen molar-refractivity contribution in [2.45, 2.75) is 13.5 Å². The van der Waals surface area contributed by atoms with Crippen LogP contribution in [-0.2, 0) is 6.54 Å². The van der Waals surface area contributed by atoms with Crippen molar-refractivity contribution in [3.8, 4) is 0 Å². The van der Waals surface area contributed by atoms with Crippen LogP contribution in [0.1, 0.15) is 11.3 Å². The predicted octanol–water partition coefficient (Wildman–Crippen LogP) is 1.57. The molecule has 122 valence electrons. The number of rotatable bonds is 4. The maximum absolute atomic E-state index is 4.60. The normalized spacial score (nSPS) is 15.7. The lowest BCUT2D eigenvalue weighted by molar-refractivity contribution is 0.246. The van der Waals surface area contributed by atoms with Crippen molar-refractivity contribution >= 4 is 11.8 Å². The molecule has 3 heterocycles. The molecule has 2 aromatic rings. The summed E-state index contributed by atoms with van der Waals surface area (Å²) in [6.45, 7) is 7.04. The number of piperazine rings is 1. The molecule has 2 aromatic heterocycles. The Kier molecular flexibility index (Phi) is 4.71. The van der Waals surface area contributed by atoms with Gasteiger partial charge in [-0.05, 0) is 30.7 Å². The molecule has 0 aromatic carbocycles. The largest absolute Gasteiger partial charge is 0.354 e. The molecule has 1 fully saturated rings. The van der Waals surface area contributed by atoms with E-state index in [2.05, 4.69) is 37.7 Å². The fourth-order valence-corrected chi connectivity index (χ4v) is 2.75. The van der Waals surface area contributed by atoms with Crippen LogP contribution in [-0.4, -0.2) is 60.1 Å². The fourth-order valence-electron chi connectivity index (χ4n) is 2.75. The third-order valence-electron chi connectivity index (χ3n) is 4.08. The lowest BCUT2D eigenvalue weighted by atomic mass is 10.2. The zero-order valence-electron chi connectivity index (χ0n) is 14.1. The van der Waals surface area contributed by atoms with Gasteiger partial charge >= 0.3 is 0 Å². The first-order valence-corrected chi connectivity index (χ1v) is 8.01. The molecule has 1 saturated heterocycles. The Balaban J connectivity index is 1.58. The number of pyridine rings is 1. The van der Waals surface area contributed by atoms with E-state index in [0.717, 1.165) is 50.2 Å². The molecule has 0 spiro atoms. The van der Waals surface area contributed by atoms with Gasteiger partial charge in [-0.1, -0.05) is 0 Å². The number of aryl methyl sites for hydroxylation is 1. The van der Waals surface area contributed by atoms with Crippen LogP contribution in [0.15, 0.2) is 30.6 Å². The second kappa shape index (κ2) is 6.91. The van der Waals surface area contributed by atoms with E-state index in [9.17, 15) is 0 Å². The fraction of sp³-hybridized carbons (Fsp3) is 0.471. The predicted molar refractivity (Wildman–Crippen MR) is 92.8 cm³/mol. The Hall–Kier alpha value is -2.21. The lowest BCUT2D eigenvalue weighted by Crippen LogP contribution is -2.46. The molecule has 0 aliphatic carbocycles. The maximum atomic E-state index is 4.60. The van der Waals surface area contributed by atoms with Gasteiger partial charge in [0.05, 0.1) is 5.69 Å². The van der Waals surface area contributed by atoms with E-state index in [1.807, 2.05) is 43.5 Å². The van der Waals surface area contributed by atoms with Crippen LogP contribution >= 0.6 is 0 Å². The maximum Gasteiger partial charge on any atom is 0.225 e. The molecular formula is C17H24N6.